The van der Waals surface area contributed by atoms with Crippen LogP contribution >= 0.6 is 23.1 Å². The van der Waals surface area contributed by atoms with E-state index in [-0.39, 0.29) is 23.6 Å². The van der Waals surface area contributed by atoms with Crippen molar-refractivity contribution in [3.63, 3.8) is 0 Å². The second-order valence-electron chi connectivity index (χ2n) is 5.24. The fourth-order valence-electron chi connectivity index (χ4n) is 1.95. The van der Waals surface area contributed by atoms with Crippen molar-refractivity contribution in [3.8, 4) is 0 Å². The monoisotopic (exact) mass is 405 g/mol. The van der Waals surface area contributed by atoms with E-state index in [1.54, 1.807) is 19.1 Å². The van der Waals surface area contributed by atoms with Crippen molar-refractivity contribution in [2.75, 3.05) is 21.7 Å². The number of aromatic nitrogens is 4. The van der Waals surface area contributed by atoms with Crippen LogP contribution in [0.5, 0.6) is 0 Å². The minimum Gasteiger partial charge on any atom is -0.330 e. The Bertz CT molecular complexity index is 956. The van der Waals surface area contributed by atoms with Crippen molar-refractivity contribution in [1.82, 2.24) is 20.3 Å². The lowest BCUT2D eigenvalue weighted by molar-refractivity contribution is -0.114. The van der Waals surface area contributed by atoms with E-state index in [4.69, 9.17) is 4.52 Å². The molecule has 0 radical (unpaired) electrons. The maximum Gasteiger partial charge on any atom is 0.328 e. The van der Waals surface area contributed by atoms with Crippen molar-refractivity contribution in [1.29, 1.82) is 0 Å². The largest absolute Gasteiger partial charge is 0.330 e. The number of hydrogen-bond donors (Lipinski definition) is 3. The van der Waals surface area contributed by atoms with Crippen LogP contribution in [0.1, 0.15) is 12.7 Å². The van der Waals surface area contributed by atoms with E-state index in [9.17, 15) is 9.59 Å². The molecule has 140 valence electrons. The van der Waals surface area contributed by atoms with Gasteiger partial charge in [-0.1, -0.05) is 34.3 Å². The maximum absolute atomic E-state index is 11.9. The average Bonchev–Trinajstić information content (AvgIpc) is 3.21. The highest BCUT2D eigenvalue weighted by Gasteiger charge is 2.11. The molecule has 3 rings (SSSR count). The van der Waals surface area contributed by atoms with Crippen LogP contribution in [-0.2, 0) is 9.59 Å². The molecule has 2 heterocycles. The van der Waals surface area contributed by atoms with Gasteiger partial charge in [-0.15, -0.1) is 10.2 Å². The van der Waals surface area contributed by atoms with Gasteiger partial charge in [-0.25, -0.2) is 0 Å². The summed E-state index contributed by atoms with van der Waals surface area (Å²) in [6.07, 6.45) is 0. The predicted octanol–water partition coefficient (Wildman–Crippen LogP) is 2.66. The van der Waals surface area contributed by atoms with Crippen molar-refractivity contribution in [3.05, 3.63) is 30.1 Å². The zero-order chi connectivity index (χ0) is 19.2. The maximum atomic E-state index is 11.9. The fourth-order valence-corrected chi connectivity index (χ4v) is 3.52. The number of benzene rings is 1. The van der Waals surface area contributed by atoms with E-state index in [2.05, 4.69) is 36.3 Å². The molecule has 0 unspecified atom stereocenters. The Morgan fingerprint density at radius 1 is 1.22 bits per heavy atom. The lowest BCUT2D eigenvalue weighted by Gasteiger charge is -2.05. The molecule has 0 aliphatic heterocycles. The third kappa shape index (κ3) is 5.76. The first kappa shape index (κ1) is 18.8. The van der Waals surface area contributed by atoms with Gasteiger partial charge in [0.1, 0.15) is 0 Å². The molecular weight excluding hydrogens is 390 g/mol. The van der Waals surface area contributed by atoms with E-state index >= 15 is 0 Å². The van der Waals surface area contributed by atoms with Gasteiger partial charge in [0.2, 0.25) is 16.9 Å². The molecule has 3 aromatic rings. The van der Waals surface area contributed by atoms with Crippen LogP contribution in [0.4, 0.5) is 22.5 Å². The molecule has 3 N–H and O–H groups in total. The molecule has 0 aliphatic carbocycles. The molecule has 0 saturated carbocycles. The van der Waals surface area contributed by atoms with E-state index < -0.39 is 0 Å². The zero-order valence-electron chi connectivity index (χ0n) is 14.3. The second kappa shape index (κ2) is 8.60. The highest BCUT2D eigenvalue weighted by molar-refractivity contribution is 8.01. The fraction of sp³-hybridized carbons (Fsp3) is 0.200. The molecule has 0 saturated heterocycles. The standard InChI is InChI=1S/C15H15N7O3S2/c1-8-16-13(25-22-8)19-12(24)7-26-15-21-20-14(27-15)18-11-5-3-4-10(6-11)17-9(2)23/h3-6H,7H2,1-2H3,(H,17,23)(H,18,20)(H,16,19,22,24). The minimum absolute atomic E-state index is 0.0665. The third-order valence-corrected chi connectivity index (χ3v) is 4.91. The Morgan fingerprint density at radius 2 is 2.04 bits per heavy atom. The molecule has 0 spiro atoms. The average molecular weight is 405 g/mol. The summed E-state index contributed by atoms with van der Waals surface area (Å²) < 4.78 is 5.46. The van der Waals surface area contributed by atoms with Crippen LogP contribution < -0.4 is 16.0 Å². The molecule has 0 atom stereocenters. The van der Waals surface area contributed by atoms with Crippen molar-refractivity contribution < 1.29 is 14.1 Å². The molecule has 12 heteroatoms. The van der Waals surface area contributed by atoms with Crippen molar-refractivity contribution >= 4 is 57.4 Å². The summed E-state index contributed by atoms with van der Waals surface area (Å²) in [5.74, 6) is 0.154. The van der Waals surface area contributed by atoms with E-state index in [0.717, 1.165) is 5.69 Å². The summed E-state index contributed by atoms with van der Waals surface area (Å²) in [6, 6.07) is 7.30. The van der Waals surface area contributed by atoms with Gasteiger partial charge in [-0.05, 0) is 25.1 Å². The molecule has 0 bridgehead atoms. The zero-order valence-corrected chi connectivity index (χ0v) is 16.0. The quantitative estimate of drug-likeness (QED) is 0.507. The van der Waals surface area contributed by atoms with Crippen LogP contribution in [0.2, 0.25) is 0 Å². The summed E-state index contributed by atoms with van der Waals surface area (Å²) in [6.45, 7) is 3.11. The van der Waals surface area contributed by atoms with E-state index in [1.165, 1.54) is 30.0 Å². The SMILES string of the molecule is CC(=O)Nc1cccc(Nc2nnc(SCC(=O)Nc3nc(C)no3)s2)c1. The number of thioether (sulfide) groups is 1. The first-order valence-electron chi connectivity index (χ1n) is 7.69. The topological polar surface area (TPSA) is 135 Å². The summed E-state index contributed by atoms with van der Waals surface area (Å²) in [7, 11) is 0. The Balaban J connectivity index is 1.52. The number of nitrogens with one attached hydrogen (secondary N) is 3. The van der Waals surface area contributed by atoms with Crippen LogP contribution in [0.25, 0.3) is 0 Å². The van der Waals surface area contributed by atoms with Gasteiger partial charge in [-0.3, -0.25) is 14.9 Å². The number of carbonyl (C=O) groups is 2. The minimum atomic E-state index is -0.281. The van der Waals surface area contributed by atoms with Gasteiger partial charge >= 0.3 is 6.01 Å². The number of rotatable bonds is 7. The number of nitrogens with zero attached hydrogens (tertiary/aromatic N) is 4. The van der Waals surface area contributed by atoms with Gasteiger partial charge < -0.3 is 15.2 Å². The van der Waals surface area contributed by atoms with Crippen LogP contribution in [-0.4, -0.2) is 37.9 Å². The summed E-state index contributed by atoms with van der Waals surface area (Å²) in [5, 5.41) is 20.6. The molecular formula is C15H15N7O3S2. The van der Waals surface area contributed by atoms with Gasteiger partial charge in [0, 0.05) is 18.3 Å². The van der Waals surface area contributed by atoms with E-state index in [0.29, 0.717) is 21.0 Å². The summed E-state index contributed by atoms with van der Waals surface area (Å²) in [5.41, 5.74) is 1.44. The number of anilines is 4. The number of hydrogen-bond acceptors (Lipinski definition) is 10. The van der Waals surface area contributed by atoms with Crippen molar-refractivity contribution in [2.45, 2.75) is 18.2 Å². The summed E-state index contributed by atoms with van der Waals surface area (Å²) >= 11 is 2.55. The number of carbonyl (C=O) groups excluding carboxylic acids is 2. The Morgan fingerprint density at radius 3 is 2.78 bits per heavy atom. The Labute approximate surface area is 162 Å². The van der Waals surface area contributed by atoms with Gasteiger partial charge in [0.15, 0.2) is 10.2 Å². The Hall–Kier alpha value is -2.99. The lowest BCUT2D eigenvalue weighted by Crippen LogP contribution is -2.14. The van der Waals surface area contributed by atoms with Gasteiger partial charge in [-0.2, -0.15) is 4.98 Å². The molecule has 27 heavy (non-hydrogen) atoms. The molecule has 0 aliphatic rings. The second-order valence-corrected chi connectivity index (χ2v) is 7.44. The highest BCUT2D eigenvalue weighted by Crippen LogP contribution is 2.28. The van der Waals surface area contributed by atoms with Crippen LogP contribution in [0.3, 0.4) is 0 Å². The molecule has 10 nitrogen and oxygen atoms in total. The predicted molar refractivity (Wildman–Crippen MR) is 102 cm³/mol. The third-order valence-electron chi connectivity index (χ3n) is 2.94. The van der Waals surface area contributed by atoms with Crippen LogP contribution in [0, 0.1) is 6.92 Å². The first-order chi connectivity index (χ1) is 13.0. The smallest absolute Gasteiger partial charge is 0.328 e. The lowest BCUT2D eigenvalue weighted by atomic mass is 10.3. The molecule has 2 aromatic heterocycles. The number of aryl methyl sites for hydroxylation is 1. The van der Waals surface area contributed by atoms with Gasteiger partial charge in [0.25, 0.3) is 0 Å². The molecule has 0 fully saturated rings. The molecule has 1 aromatic carbocycles. The highest BCUT2D eigenvalue weighted by atomic mass is 32.2. The number of amides is 2. The van der Waals surface area contributed by atoms with Crippen molar-refractivity contribution in [2.24, 2.45) is 0 Å². The van der Waals surface area contributed by atoms with Gasteiger partial charge in [0.05, 0.1) is 5.75 Å². The Kier molecular flexibility index (Phi) is 5.98. The summed E-state index contributed by atoms with van der Waals surface area (Å²) in [4.78, 5) is 26.9. The first-order valence-corrected chi connectivity index (χ1v) is 9.49. The van der Waals surface area contributed by atoms with E-state index in [1.807, 2.05) is 12.1 Å². The van der Waals surface area contributed by atoms with Crippen LogP contribution in [0.15, 0.2) is 33.1 Å². The molecule has 2 amide bonds. The normalized spacial score (nSPS) is 10.4.